The van der Waals surface area contributed by atoms with Crippen molar-refractivity contribution >= 4 is 23.6 Å². The lowest BCUT2D eigenvalue weighted by molar-refractivity contribution is -0.142. The molecule has 0 aliphatic carbocycles. The summed E-state index contributed by atoms with van der Waals surface area (Å²) < 4.78 is 0. The third-order valence-corrected chi connectivity index (χ3v) is 3.85. The van der Waals surface area contributed by atoms with Crippen LogP contribution in [-0.2, 0) is 9.59 Å². The minimum Gasteiger partial charge on any atom is -0.477 e. The van der Waals surface area contributed by atoms with Crippen LogP contribution in [0, 0.1) is 0 Å². The molecule has 0 bridgehead atoms. The topological polar surface area (TPSA) is 57.6 Å². The van der Waals surface area contributed by atoms with Crippen molar-refractivity contribution in [3.63, 3.8) is 0 Å². The number of carbonyl (C=O) groups is 2. The lowest BCUT2D eigenvalue weighted by atomic mass is 9.94. The molecule has 4 nitrogen and oxygen atoms in total. The highest BCUT2D eigenvalue weighted by molar-refractivity contribution is 8.03. The number of aliphatic carboxylic acids is 1. The fourth-order valence-electron chi connectivity index (χ4n) is 2.20. The summed E-state index contributed by atoms with van der Waals surface area (Å²) >= 11 is 1.52. The van der Waals surface area contributed by atoms with Gasteiger partial charge < -0.3 is 5.11 Å². The Kier molecular flexibility index (Phi) is 2.80. The van der Waals surface area contributed by atoms with Crippen molar-refractivity contribution in [2.75, 3.05) is 5.75 Å². The van der Waals surface area contributed by atoms with Crippen LogP contribution in [0.15, 0.2) is 22.3 Å². The number of carboxylic acids is 1. The summed E-state index contributed by atoms with van der Waals surface area (Å²) in [6, 6.07) is -0.0300. The second-order valence-corrected chi connectivity index (χ2v) is 5.01. The quantitative estimate of drug-likeness (QED) is 0.600. The number of rotatable bonds is 3. The Morgan fingerprint density at radius 1 is 1.69 bits per heavy atom. The van der Waals surface area contributed by atoms with Crippen LogP contribution in [0.2, 0.25) is 0 Å². The van der Waals surface area contributed by atoms with Crippen molar-refractivity contribution in [1.29, 1.82) is 0 Å². The van der Waals surface area contributed by atoms with Crippen LogP contribution >= 0.6 is 11.8 Å². The van der Waals surface area contributed by atoms with Gasteiger partial charge in [-0.3, -0.25) is 9.69 Å². The smallest absolute Gasteiger partial charge is 0.353 e. The number of amides is 1. The monoisotopic (exact) mass is 239 g/mol. The van der Waals surface area contributed by atoms with E-state index in [0.29, 0.717) is 6.42 Å². The third kappa shape index (κ3) is 1.38. The Labute approximate surface area is 98.0 Å². The van der Waals surface area contributed by atoms with Gasteiger partial charge in [0.2, 0.25) is 0 Å². The normalized spacial score (nSPS) is 26.1. The maximum absolute atomic E-state index is 11.7. The van der Waals surface area contributed by atoms with Gasteiger partial charge in [-0.15, -0.1) is 11.8 Å². The first-order valence-electron chi connectivity index (χ1n) is 5.20. The average molecular weight is 239 g/mol. The van der Waals surface area contributed by atoms with Crippen LogP contribution in [0.1, 0.15) is 20.3 Å². The largest absolute Gasteiger partial charge is 0.477 e. The number of carboxylic acid groups (broad SMARTS) is 1. The molecule has 2 aliphatic rings. The van der Waals surface area contributed by atoms with E-state index in [9.17, 15) is 9.59 Å². The average Bonchev–Trinajstić information content (AvgIpc) is 2.55. The van der Waals surface area contributed by atoms with Gasteiger partial charge in [0, 0.05) is 16.9 Å². The maximum Gasteiger partial charge on any atom is 0.353 e. The summed E-state index contributed by atoms with van der Waals surface area (Å²) in [5.41, 5.74) is 0.929. The van der Waals surface area contributed by atoms with E-state index in [2.05, 4.69) is 0 Å². The zero-order valence-electron chi connectivity index (χ0n) is 9.19. The molecule has 2 rings (SSSR count). The summed E-state index contributed by atoms with van der Waals surface area (Å²) in [7, 11) is 0. The molecule has 16 heavy (non-hydrogen) atoms. The molecular weight excluding hydrogens is 226 g/mol. The molecule has 1 fully saturated rings. The predicted molar refractivity (Wildman–Crippen MR) is 61.8 cm³/mol. The van der Waals surface area contributed by atoms with Gasteiger partial charge in [0.15, 0.2) is 0 Å². The minimum absolute atomic E-state index is 0.0300. The zero-order valence-corrected chi connectivity index (χ0v) is 10.0. The van der Waals surface area contributed by atoms with Gasteiger partial charge in [-0.25, -0.2) is 4.79 Å². The SMILES string of the molecule is CC=C1C(=O)N2C(C(=O)O)=C(SCC)C[C@H]12. The van der Waals surface area contributed by atoms with E-state index in [1.807, 2.05) is 13.8 Å². The van der Waals surface area contributed by atoms with Crippen LogP contribution in [0.5, 0.6) is 0 Å². The third-order valence-electron chi connectivity index (χ3n) is 2.85. The van der Waals surface area contributed by atoms with Crippen molar-refractivity contribution in [3.8, 4) is 0 Å². The Morgan fingerprint density at radius 2 is 2.38 bits per heavy atom. The van der Waals surface area contributed by atoms with Gasteiger partial charge in [-0.05, 0) is 12.7 Å². The van der Waals surface area contributed by atoms with Gasteiger partial charge in [-0.1, -0.05) is 13.0 Å². The standard InChI is InChI=1S/C11H13NO3S/c1-3-6-7-5-8(16-4-2)9(11(14)15)12(7)10(6)13/h3,7H,4-5H2,1-2H3,(H,14,15)/t7-/m1/s1. The summed E-state index contributed by atoms with van der Waals surface area (Å²) in [6.07, 6.45) is 2.44. The van der Waals surface area contributed by atoms with Crippen molar-refractivity contribution in [1.82, 2.24) is 4.90 Å². The van der Waals surface area contributed by atoms with Crippen molar-refractivity contribution in [2.24, 2.45) is 0 Å². The van der Waals surface area contributed by atoms with Crippen LogP contribution < -0.4 is 0 Å². The molecule has 5 heteroatoms. The molecule has 0 aromatic carbocycles. The molecule has 2 heterocycles. The molecule has 1 atom stereocenters. The number of allylic oxidation sites excluding steroid dienone is 1. The van der Waals surface area contributed by atoms with E-state index < -0.39 is 5.97 Å². The second kappa shape index (κ2) is 3.97. The van der Waals surface area contributed by atoms with Gasteiger partial charge in [0.1, 0.15) is 5.70 Å². The Morgan fingerprint density at radius 3 is 2.88 bits per heavy atom. The molecular formula is C11H13NO3S. The molecule has 0 aromatic heterocycles. The Hall–Kier alpha value is -1.23. The number of β-lactam (4-membered cyclic amide) rings is 1. The van der Waals surface area contributed by atoms with Crippen LogP contribution in [0.4, 0.5) is 0 Å². The number of nitrogens with zero attached hydrogens (tertiary/aromatic N) is 1. The van der Waals surface area contributed by atoms with Gasteiger partial charge in [0.25, 0.3) is 5.91 Å². The van der Waals surface area contributed by atoms with E-state index in [-0.39, 0.29) is 17.6 Å². The number of fused-ring (bicyclic) bond motifs is 1. The maximum atomic E-state index is 11.7. The Bertz CT molecular complexity index is 425. The van der Waals surface area contributed by atoms with Crippen molar-refractivity contribution in [2.45, 2.75) is 26.3 Å². The van der Waals surface area contributed by atoms with Crippen LogP contribution in [-0.4, -0.2) is 33.7 Å². The van der Waals surface area contributed by atoms with E-state index >= 15 is 0 Å². The van der Waals surface area contributed by atoms with Gasteiger partial charge in [-0.2, -0.15) is 0 Å². The first-order chi connectivity index (χ1) is 7.61. The highest BCUT2D eigenvalue weighted by Crippen LogP contribution is 2.45. The van der Waals surface area contributed by atoms with Crippen LogP contribution in [0.25, 0.3) is 0 Å². The number of hydrogen-bond acceptors (Lipinski definition) is 3. The summed E-state index contributed by atoms with van der Waals surface area (Å²) in [6.45, 7) is 3.79. The fraction of sp³-hybridized carbons (Fsp3) is 0.455. The first kappa shape index (κ1) is 11.3. The van der Waals surface area contributed by atoms with E-state index in [1.165, 1.54) is 16.7 Å². The van der Waals surface area contributed by atoms with Crippen molar-refractivity contribution < 1.29 is 14.7 Å². The summed E-state index contributed by atoms with van der Waals surface area (Å²) in [4.78, 5) is 25.1. The molecule has 2 aliphatic heterocycles. The summed E-state index contributed by atoms with van der Waals surface area (Å²) in [5, 5.41) is 9.12. The molecule has 0 spiro atoms. The number of thioether (sulfide) groups is 1. The van der Waals surface area contributed by atoms with E-state index in [1.54, 1.807) is 6.08 Å². The lowest BCUT2D eigenvalue weighted by Crippen LogP contribution is -2.52. The highest BCUT2D eigenvalue weighted by Gasteiger charge is 2.51. The molecule has 1 saturated heterocycles. The van der Waals surface area contributed by atoms with E-state index in [0.717, 1.165) is 16.2 Å². The predicted octanol–water partition coefficient (Wildman–Crippen LogP) is 1.60. The first-order valence-corrected chi connectivity index (χ1v) is 6.19. The van der Waals surface area contributed by atoms with Gasteiger partial charge in [0.05, 0.1) is 6.04 Å². The summed E-state index contributed by atoms with van der Waals surface area (Å²) in [5.74, 6) is -0.329. The molecule has 0 unspecified atom stereocenters. The Balaban J connectivity index is 2.33. The zero-order chi connectivity index (χ0) is 11.9. The van der Waals surface area contributed by atoms with Gasteiger partial charge >= 0.3 is 5.97 Å². The second-order valence-electron chi connectivity index (χ2n) is 3.65. The number of carbonyl (C=O) groups excluding carboxylic acids is 1. The lowest BCUT2D eigenvalue weighted by Gasteiger charge is -2.37. The van der Waals surface area contributed by atoms with Crippen molar-refractivity contribution in [3.05, 3.63) is 22.3 Å². The molecule has 86 valence electrons. The highest BCUT2D eigenvalue weighted by atomic mass is 32.2. The minimum atomic E-state index is -0.998. The molecule has 1 N–H and O–H groups in total. The molecule has 0 radical (unpaired) electrons. The van der Waals surface area contributed by atoms with Crippen LogP contribution in [0.3, 0.4) is 0 Å². The molecule has 1 amide bonds. The fourth-order valence-corrected chi connectivity index (χ4v) is 3.15. The number of hydrogen-bond donors (Lipinski definition) is 1. The molecule has 0 saturated carbocycles. The molecule has 0 aromatic rings. The van der Waals surface area contributed by atoms with E-state index in [4.69, 9.17) is 5.11 Å².